The predicted octanol–water partition coefficient (Wildman–Crippen LogP) is 4.45. The molecule has 5 rings (SSSR count). The number of carboxylic acids is 1. The number of benzene rings is 2. The molecule has 2 saturated carbocycles. The van der Waals surface area contributed by atoms with Crippen LogP contribution in [0, 0.1) is 11.8 Å². The lowest BCUT2D eigenvalue weighted by Crippen LogP contribution is -2.59. The number of hydrogen-bond donors (Lipinski definition) is 3. The van der Waals surface area contributed by atoms with Crippen molar-refractivity contribution in [2.45, 2.75) is 62.9 Å². The Morgan fingerprint density at radius 3 is 2.11 bits per heavy atom. The Labute approximate surface area is 205 Å². The molecule has 0 spiro atoms. The third-order valence-electron chi connectivity index (χ3n) is 7.93. The van der Waals surface area contributed by atoms with E-state index in [0.717, 1.165) is 54.4 Å². The zero-order chi connectivity index (χ0) is 24.6. The number of ether oxygens (including phenoxy) is 1. The average Bonchev–Trinajstić information content (AvgIpc) is 3.60. The van der Waals surface area contributed by atoms with Crippen molar-refractivity contribution >= 4 is 18.0 Å². The Kier molecular flexibility index (Phi) is 6.26. The van der Waals surface area contributed by atoms with Crippen molar-refractivity contribution in [3.8, 4) is 11.1 Å². The molecule has 3 N–H and O–H groups in total. The molecular weight excluding hydrogens is 444 g/mol. The molecule has 7 nitrogen and oxygen atoms in total. The smallest absolute Gasteiger partial charge is 0.407 e. The maximum Gasteiger partial charge on any atom is 0.407 e. The van der Waals surface area contributed by atoms with Crippen LogP contribution in [0.25, 0.3) is 11.1 Å². The van der Waals surface area contributed by atoms with Crippen molar-refractivity contribution in [2.75, 3.05) is 6.61 Å². The minimum Gasteiger partial charge on any atom is -0.481 e. The topological polar surface area (TPSA) is 105 Å². The van der Waals surface area contributed by atoms with Gasteiger partial charge in [0.15, 0.2) is 0 Å². The summed E-state index contributed by atoms with van der Waals surface area (Å²) in [5, 5.41) is 15.1. The van der Waals surface area contributed by atoms with Crippen LogP contribution in [0.2, 0.25) is 0 Å². The number of aliphatic carboxylic acids is 1. The van der Waals surface area contributed by atoms with E-state index in [1.807, 2.05) is 24.3 Å². The summed E-state index contributed by atoms with van der Waals surface area (Å²) in [7, 11) is 0. The number of carbonyl (C=O) groups is 3. The molecule has 2 aromatic carbocycles. The Morgan fingerprint density at radius 1 is 1.00 bits per heavy atom. The van der Waals surface area contributed by atoms with Gasteiger partial charge in [-0.1, -0.05) is 55.0 Å². The second-order valence-electron chi connectivity index (χ2n) is 10.4. The van der Waals surface area contributed by atoms with Crippen LogP contribution in [0.15, 0.2) is 48.5 Å². The van der Waals surface area contributed by atoms with Gasteiger partial charge in [0.05, 0.1) is 12.0 Å². The summed E-state index contributed by atoms with van der Waals surface area (Å²) < 4.78 is 5.67. The fraction of sp³-hybridized carbons (Fsp3) is 0.464. The number of rotatable bonds is 9. The van der Waals surface area contributed by atoms with Gasteiger partial charge in [0, 0.05) is 5.92 Å². The number of alkyl carbamates (subject to hydrolysis) is 1. The summed E-state index contributed by atoms with van der Waals surface area (Å²) in [5.41, 5.74) is 3.75. The summed E-state index contributed by atoms with van der Waals surface area (Å²) in [5.74, 6) is -1.14. The highest BCUT2D eigenvalue weighted by molar-refractivity contribution is 5.87. The standard InChI is InChI=1S/C28H32N2O5/c1-28(15-24(31)32,18-13-14-18)30-26(33)25(17-7-6-8-17)29-27(34)35-16-23-21-11-4-2-9-19(21)20-10-3-5-12-22(20)23/h2-5,9-12,17-18,23,25H,6-8,13-16H2,1H3,(H,29,34)(H,30,33)(H,31,32). The van der Waals surface area contributed by atoms with Crippen LogP contribution < -0.4 is 10.6 Å². The Bertz CT molecular complexity index is 1090. The van der Waals surface area contributed by atoms with Gasteiger partial charge in [-0.15, -0.1) is 0 Å². The summed E-state index contributed by atoms with van der Waals surface area (Å²) in [4.78, 5) is 37.5. The fourth-order valence-corrected chi connectivity index (χ4v) is 5.62. The van der Waals surface area contributed by atoms with Gasteiger partial charge >= 0.3 is 12.1 Å². The Hall–Kier alpha value is -3.35. The molecule has 2 unspecified atom stereocenters. The van der Waals surface area contributed by atoms with E-state index in [2.05, 4.69) is 34.9 Å². The molecule has 0 radical (unpaired) electrons. The van der Waals surface area contributed by atoms with Crippen LogP contribution in [0.3, 0.4) is 0 Å². The molecule has 2 aromatic rings. The first-order chi connectivity index (χ1) is 16.9. The largest absolute Gasteiger partial charge is 0.481 e. The van der Waals surface area contributed by atoms with E-state index in [0.29, 0.717) is 0 Å². The first-order valence-corrected chi connectivity index (χ1v) is 12.5. The van der Waals surface area contributed by atoms with E-state index in [9.17, 15) is 19.5 Å². The SMILES string of the molecule is CC(CC(=O)O)(NC(=O)C(NC(=O)OCC1c2ccccc2-c2ccccc21)C1CCC1)C1CC1. The second kappa shape index (κ2) is 9.36. The third kappa shape index (κ3) is 4.77. The quantitative estimate of drug-likeness (QED) is 0.496. The third-order valence-corrected chi connectivity index (χ3v) is 7.93. The van der Waals surface area contributed by atoms with Gasteiger partial charge in [0.25, 0.3) is 0 Å². The summed E-state index contributed by atoms with van der Waals surface area (Å²) >= 11 is 0. The highest BCUT2D eigenvalue weighted by Crippen LogP contribution is 2.45. The molecule has 3 aliphatic rings. The summed E-state index contributed by atoms with van der Waals surface area (Å²) in [6.07, 6.45) is 3.75. The first kappa shape index (κ1) is 23.4. The van der Waals surface area contributed by atoms with Crippen molar-refractivity contribution in [1.29, 1.82) is 0 Å². The average molecular weight is 477 g/mol. The zero-order valence-electron chi connectivity index (χ0n) is 20.0. The Balaban J connectivity index is 1.25. The molecular formula is C28H32N2O5. The lowest BCUT2D eigenvalue weighted by molar-refractivity contribution is -0.139. The van der Waals surface area contributed by atoms with Crippen LogP contribution in [0.5, 0.6) is 0 Å². The first-order valence-electron chi connectivity index (χ1n) is 12.5. The summed E-state index contributed by atoms with van der Waals surface area (Å²) in [6, 6.07) is 15.6. The number of hydrogen-bond acceptors (Lipinski definition) is 4. The maximum atomic E-state index is 13.3. The van der Waals surface area contributed by atoms with E-state index in [4.69, 9.17) is 4.74 Å². The highest BCUT2D eigenvalue weighted by Gasteiger charge is 2.46. The van der Waals surface area contributed by atoms with Crippen molar-refractivity contribution in [3.05, 3.63) is 59.7 Å². The van der Waals surface area contributed by atoms with Crippen LogP contribution in [0.4, 0.5) is 4.79 Å². The number of fused-ring (bicyclic) bond motifs is 3. The summed E-state index contributed by atoms with van der Waals surface area (Å²) in [6.45, 7) is 1.97. The van der Waals surface area contributed by atoms with E-state index >= 15 is 0 Å². The minimum atomic E-state index is -0.940. The van der Waals surface area contributed by atoms with E-state index in [1.54, 1.807) is 6.92 Å². The van der Waals surface area contributed by atoms with Crippen molar-refractivity contribution in [3.63, 3.8) is 0 Å². The number of amides is 2. The van der Waals surface area contributed by atoms with Crippen molar-refractivity contribution in [1.82, 2.24) is 10.6 Å². The molecule has 3 aliphatic carbocycles. The predicted molar refractivity (Wildman–Crippen MR) is 131 cm³/mol. The Morgan fingerprint density at radius 2 is 1.60 bits per heavy atom. The second-order valence-corrected chi connectivity index (χ2v) is 10.4. The van der Waals surface area contributed by atoms with Gasteiger partial charge < -0.3 is 20.5 Å². The molecule has 0 bridgehead atoms. The van der Waals surface area contributed by atoms with E-state index < -0.39 is 23.6 Å². The van der Waals surface area contributed by atoms with Crippen molar-refractivity contribution in [2.24, 2.45) is 11.8 Å². The minimum absolute atomic E-state index is 0.0313. The highest BCUT2D eigenvalue weighted by atomic mass is 16.5. The number of carbonyl (C=O) groups excluding carboxylic acids is 2. The molecule has 2 amide bonds. The number of carboxylic acid groups (broad SMARTS) is 1. The van der Waals surface area contributed by atoms with Gasteiger partial charge in [-0.25, -0.2) is 4.79 Å². The van der Waals surface area contributed by atoms with Crippen LogP contribution in [0.1, 0.15) is 62.5 Å². The van der Waals surface area contributed by atoms with Crippen LogP contribution in [-0.4, -0.2) is 41.3 Å². The van der Waals surface area contributed by atoms with Crippen LogP contribution >= 0.6 is 0 Å². The normalized spacial score (nSPS) is 19.5. The maximum absolute atomic E-state index is 13.3. The van der Waals surface area contributed by atoms with Crippen LogP contribution in [-0.2, 0) is 14.3 Å². The zero-order valence-corrected chi connectivity index (χ0v) is 20.0. The van der Waals surface area contributed by atoms with Gasteiger partial charge in [-0.05, 0) is 66.7 Å². The fourth-order valence-electron chi connectivity index (χ4n) is 5.62. The molecule has 35 heavy (non-hydrogen) atoms. The molecule has 7 heteroatoms. The molecule has 0 aliphatic heterocycles. The molecule has 2 fully saturated rings. The van der Waals surface area contributed by atoms with E-state index in [1.165, 1.54) is 0 Å². The van der Waals surface area contributed by atoms with Gasteiger partial charge in [-0.3, -0.25) is 9.59 Å². The lowest BCUT2D eigenvalue weighted by atomic mass is 9.79. The monoisotopic (exact) mass is 476 g/mol. The van der Waals surface area contributed by atoms with Crippen molar-refractivity contribution < 1.29 is 24.2 Å². The molecule has 184 valence electrons. The molecule has 0 aromatic heterocycles. The van der Waals surface area contributed by atoms with Gasteiger partial charge in [0.2, 0.25) is 5.91 Å². The van der Waals surface area contributed by atoms with Gasteiger partial charge in [0.1, 0.15) is 12.6 Å². The lowest BCUT2D eigenvalue weighted by Gasteiger charge is -2.37. The van der Waals surface area contributed by atoms with Gasteiger partial charge in [-0.2, -0.15) is 0 Å². The van der Waals surface area contributed by atoms with E-state index in [-0.39, 0.29) is 36.7 Å². The number of nitrogens with one attached hydrogen (secondary N) is 2. The molecule has 0 saturated heterocycles. The molecule has 0 heterocycles. The molecule has 2 atom stereocenters.